The molecule has 0 amide bonds. The summed E-state index contributed by atoms with van der Waals surface area (Å²) in [5.74, 6) is 1.09. The van der Waals surface area contributed by atoms with Crippen LogP contribution in [0, 0.1) is 0 Å². The van der Waals surface area contributed by atoms with Gasteiger partial charge in [-0.3, -0.25) is 8.96 Å². The molecule has 2 saturated carbocycles. The Morgan fingerprint density at radius 3 is 2.83 bits per heavy atom. The first-order valence-electron chi connectivity index (χ1n) is 9.65. The largest absolute Gasteiger partial charge is 0.403 e. The molecule has 0 radical (unpaired) electrons. The third kappa shape index (κ3) is 3.39. The summed E-state index contributed by atoms with van der Waals surface area (Å²) in [5.41, 5.74) is 5.09. The standard InChI is InChI=1S/C20H17IN6OS/c21-29-27-10-15(17-9-22-8-16(24-17)11-1-2-11)14-7-12(3-6-18(14)27)19-25-26-20(28-19)23-13-4-5-13/h3,6-11,13H,1-2,4-5H2,(H,23,26). The molecule has 7 nitrogen and oxygen atoms in total. The molecule has 0 unspecified atom stereocenters. The Bertz CT molecular complexity index is 1210. The van der Waals surface area contributed by atoms with Crippen LogP contribution in [0.5, 0.6) is 0 Å². The minimum Gasteiger partial charge on any atom is -0.403 e. The van der Waals surface area contributed by atoms with Crippen LogP contribution in [0.3, 0.4) is 0 Å². The van der Waals surface area contributed by atoms with E-state index in [4.69, 9.17) is 9.40 Å². The van der Waals surface area contributed by atoms with Crippen molar-refractivity contribution in [3.05, 3.63) is 42.5 Å². The third-order valence-electron chi connectivity index (χ3n) is 5.35. The summed E-state index contributed by atoms with van der Waals surface area (Å²) < 4.78 is 7.98. The first-order valence-corrected chi connectivity index (χ1v) is 13.0. The number of hydrogen-bond acceptors (Lipinski definition) is 7. The van der Waals surface area contributed by atoms with Crippen LogP contribution in [0.2, 0.25) is 0 Å². The molecule has 1 N–H and O–H groups in total. The van der Waals surface area contributed by atoms with Crippen molar-refractivity contribution in [1.82, 2.24) is 24.1 Å². The van der Waals surface area contributed by atoms with Crippen molar-refractivity contribution in [2.75, 3.05) is 5.32 Å². The molecule has 3 heterocycles. The summed E-state index contributed by atoms with van der Waals surface area (Å²) in [4.78, 5) is 9.35. The summed E-state index contributed by atoms with van der Waals surface area (Å²) >= 11 is 2.30. The number of halogens is 1. The Morgan fingerprint density at radius 1 is 1.14 bits per heavy atom. The van der Waals surface area contributed by atoms with E-state index in [0.717, 1.165) is 46.3 Å². The van der Waals surface area contributed by atoms with Gasteiger partial charge in [-0.1, -0.05) is 5.10 Å². The van der Waals surface area contributed by atoms with E-state index in [1.54, 1.807) is 9.12 Å². The fourth-order valence-corrected chi connectivity index (χ4v) is 4.84. The van der Waals surface area contributed by atoms with E-state index in [0.29, 0.717) is 23.9 Å². The molecule has 9 heteroatoms. The van der Waals surface area contributed by atoms with Crippen LogP contribution in [-0.2, 0) is 0 Å². The highest BCUT2D eigenvalue weighted by Crippen LogP contribution is 2.40. The van der Waals surface area contributed by atoms with E-state index < -0.39 is 0 Å². The highest BCUT2D eigenvalue weighted by atomic mass is 127. The minimum absolute atomic E-state index is 0.476. The zero-order chi connectivity index (χ0) is 19.4. The first kappa shape index (κ1) is 17.7. The topological polar surface area (TPSA) is 81.7 Å². The molecule has 0 aliphatic heterocycles. The maximum Gasteiger partial charge on any atom is 0.315 e. The molecule has 1 aromatic carbocycles. The lowest BCUT2D eigenvalue weighted by Crippen LogP contribution is -2.00. The lowest BCUT2D eigenvalue weighted by atomic mass is 10.1. The number of rotatable bonds is 6. The Labute approximate surface area is 183 Å². The van der Waals surface area contributed by atoms with Crippen LogP contribution in [-0.4, -0.2) is 30.2 Å². The van der Waals surface area contributed by atoms with E-state index in [-0.39, 0.29) is 0 Å². The molecule has 0 bridgehead atoms. The molecule has 0 spiro atoms. The molecule has 0 atom stereocenters. The predicted octanol–water partition coefficient (Wildman–Crippen LogP) is 5.45. The van der Waals surface area contributed by atoms with Crippen molar-refractivity contribution in [3.8, 4) is 22.7 Å². The second kappa shape index (κ2) is 6.98. The van der Waals surface area contributed by atoms with Crippen LogP contribution in [0.4, 0.5) is 6.01 Å². The molecule has 2 aliphatic carbocycles. The molecule has 2 aliphatic rings. The van der Waals surface area contributed by atoms with Gasteiger partial charge in [0.05, 0.1) is 23.1 Å². The Morgan fingerprint density at radius 2 is 2.03 bits per heavy atom. The smallest absolute Gasteiger partial charge is 0.315 e. The normalized spacial score (nSPS) is 16.4. The number of fused-ring (bicyclic) bond motifs is 1. The van der Waals surface area contributed by atoms with Crippen molar-refractivity contribution >= 4 is 47.2 Å². The molecule has 0 saturated heterocycles. The molecule has 146 valence electrons. The second-order valence-electron chi connectivity index (χ2n) is 7.60. The van der Waals surface area contributed by atoms with Crippen molar-refractivity contribution in [1.29, 1.82) is 0 Å². The SMILES string of the molecule is ISn1cc(-c2cncc(C3CC3)n2)c2cc(-c3nnc(NC4CC4)o3)ccc21. The van der Waals surface area contributed by atoms with E-state index >= 15 is 0 Å². The monoisotopic (exact) mass is 516 g/mol. The third-order valence-corrected chi connectivity index (χ3v) is 7.07. The molecule has 3 aromatic heterocycles. The highest BCUT2D eigenvalue weighted by Gasteiger charge is 2.26. The fourth-order valence-electron chi connectivity index (χ4n) is 3.48. The zero-order valence-electron chi connectivity index (χ0n) is 15.4. The Kier molecular flexibility index (Phi) is 4.26. The number of hydrogen-bond donors (Lipinski definition) is 1. The number of benzene rings is 1. The summed E-state index contributed by atoms with van der Waals surface area (Å²) in [7, 11) is 1.63. The lowest BCUT2D eigenvalue weighted by molar-refractivity contribution is 0.581. The van der Waals surface area contributed by atoms with E-state index in [1.165, 1.54) is 12.8 Å². The number of nitrogens with one attached hydrogen (secondary N) is 1. The number of anilines is 1. The Hall–Kier alpha value is -2.14. The predicted molar refractivity (Wildman–Crippen MR) is 122 cm³/mol. The summed E-state index contributed by atoms with van der Waals surface area (Å²) in [6.45, 7) is 0. The van der Waals surface area contributed by atoms with Crippen LogP contribution >= 0.6 is 30.3 Å². The van der Waals surface area contributed by atoms with Gasteiger partial charge in [0.2, 0.25) is 5.89 Å². The summed E-state index contributed by atoms with van der Waals surface area (Å²) in [5, 5.41) is 12.7. The molecule has 6 rings (SSSR count). The Balaban J connectivity index is 1.44. The van der Waals surface area contributed by atoms with Gasteiger partial charge >= 0.3 is 6.01 Å². The lowest BCUT2D eigenvalue weighted by Gasteiger charge is -2.03. The average Bonchev–Trinajstić information content (AvgIpc) is 3.67. The molecular formula is C20H17IN6OS. The van der Waals surface area contributed by atoms with Gasteiger partial charge in [-0.25, -0.2) is 4.98 Å². The maximum atomic E-state index is 5.83. The van der Waals surface area contributed by atoms with Gasteiger partial charge in [-0.2, -0.15) is 0 Å². The molecular weight excluding hydrogens is 499 g/mol. The minimum atomic E-state index is 0.476. The highest BCUT2D eigenvalue weighted by molar-refractivity contribution is 14.2. The van der Waals surface area contributed by atoms with E-state index in [2.05, 4.69) is 64.0 Å². The van der Waals surface area contributed by atoms with Crippen molar-refractivity contribution in [2.24, 2.45) is 0 Å². The van der Waals surface area contributed by atoms with E-state index in [9.17, 15) is 0 Å². The van der Waals surface area contributed by atoms with Gasteiger partial charge in [0.1, 0.15) is 0 Å². The van der Waals surface area contributed by atoms with Crippen LogP contribution in [0.15, 0.2) is 41.2 Å². The summed E-state index contributed by atoms with van der Waals surface area (Å²) in [6, 6.07) is 7.19. The molecule has 29 heavy (non-hydrogen) atoms. The van der Waals surface area contributed by atoms with Gasteiger partial charge in [0, 0.05) is 71.2 Å². The summed E-state index contributed by atoms with van der Waals surface area (Å²) in [6.07, 6.45) is 10.6. The van der Waals surface area contributed by atoms with Gasteiger partial charge in [0.15, 0.2) is 0 Å². The van der Waals surface area contributed by atoms with Gasteiger partial charge in [-0.15, -0.1) is 5.10 Å². The number of aromatic nitrogens is 5. The van der Waals surface area contributed by atoms with Gasteiger partial charge in [-0.05, 0) is 43.9 Å². The van der Waals surface area contributed by atoms with Crippen molar-refractivity contribution < 1.29 is 4.42 Å². The quantitative estimate of drug-likeness (QED) is 0.342. The maximum absolute atomic E-state index is 5.83. The molecule has 2 fully saturated rings. The van der Waals surface area contributed by atoms with E-state index in [1.807, 2.05) is 18.5 Å². The van der Waals surface area contributed by atoms with Gasteiger partial charge < -0.3 is 9.73 Å². The zero-order valence-corrected chi connectivity index (χ0v) is 18.4. The van der Waals surface area contributed by atoms with Crippen molar-refractivity contribution in [2.45, 2.75) is 37.6 Å². The molecule has 4 aromatic rings. The van der Waals surface area contributed by atoms with Crippen LogP contribution in [0.25, 0.3) is 33.6 Å². The van der Waals surface area contributed by atoms with Crippen molar-refractivity contribution in [3.63, 3.8) is 0 Å². The van der Waals surface area contributed by atoms with Gasteiger partial charge in [0.25, 0.3) is 0 Å². The fraction of sp³-hybridized carbons (Fsp3) is 0.300. The second-order valence-corrected chi connectivity index (χ2v) is 9.32. The van der Waals surface area contributed by atoms with Crippen LogP contribution in [0.1, 0.15) is 37.3 Å². The first-order chi connectivity index (χ1) is 14.3. The number of nitrogens with zero attached hydrogens (tertiary/aromatic N) is 5. The van der Waals surface area contributed by atoms with Crippen LogP contribution < -0.4 is 5.32 Å². The average molecular weight is 516 g/mol.